The molecule has 1 atom stereocenters. The van der Waals surface area contributed by atoms with E-state index < -0.39 is 18.1 Å². The Morgan fingerprint density at radius 3 is 2.64 bits per heavy atom. The third-order valence-electron chi connectivity index (χ3n) is 1.60. The highest BCUT2D eigenvalue weighted by atomic mass is 16.4. The van der Waals surface area contributed by atoms with Crippen molar-refractivity contribution < 1.29 is 19.8 Å². The van der Waals surface area contributed by atoms with Gasteiger partial charge in [0.1, 0.15) is 12.4 Å². The van der Waals surface area contributed by atoms with Crippen molar-refractivity contribution in [3.8, 4) is 0 Å². The average molecular weight is 199 g/mol. The number of aliphatic carboxylic acids is 1. The van der Waals surface area contributed by atoms with E-state index in [4.69, 9.17) is 15.9 Å². The Labute approximate surface area is 78.8 Å². The summed E-state index contributed by atoms with van der Waals surface area (Å²) in [5.74, 6) is -1.14. The number of nitrogens with two attached hydrogens (primary N) is 1. The molecule has 7 heteroatoms. The van der Waals surface area contributed by atoms with Gasteiger partial charge in [-0.3, -0.25) is 4.79 Å². The maximum atomic E-state index is 10.4. The molecule has 1 rings (SSSR count). The van der Waals surface area contributed by atoms with E-state index in [1.807, 2.05) is 0 Å². The summed E-state index contributed by atoms with van der Waals surface area (Å²) in [6.45, 7) is 0. The molecule has 0 saturated carbocycles. The zero-order valence-electron chi connectivity index (χ0n) is 7.12. The minimum atomic E-state index is -1.17. The van der Waals surface area contributed by atoms with Gasteiger partial charge < -0.3 is 15.9 Å². The third-order valence-corrected chi connectivity index (χ3v) is 1.60. The standard InChI is InChI=1S/C7H9N3O4/c8-5(6(11)12)1-4-2-10(3-9-4)7(13)14/h2-3,5H,1,8H2,(H,11,12)(H,13,14)/t5-/m1/s1. The maximum Gasteiger partial charge on any atom is 0.416 e. The van der Waals surface area contributed by atoms with Gasteiger partial charge in [-0.05, 0) is 0 Å². The van der Waals surface area contributed by atoms with E-state index >= 15 is 0 Å². The van der Waals surface area contributed by atoms with Crippen molar-refractivity contribution in [3.05, 3.63) is 18.2 Å². The molecule has 0 spiro atoms. The van der Waals surface area contributed by atoms with Crippen LogP contribution in [0.5, 0.6) is 0 Å². The smallest absolute Gasteiger partial charge is 0.416 e. The second kappa shape index (κ2) is 3.88. The molecule has 0 aliphatic rings. The van der Waals surface area contributed by atoms with Gasteiger partial charge in [-0.2, -0.15) is 0 Å². The van der Waals surface area contributed by atoms with Crippen LogP contribution in [0.25, 0.3) is 0 Å². The van der Waals surface area contributed by atoms with Crippen molar-refractivity contribution in [2.45, 2.75) is 12.5 Å². The normalized spacial score (nSPS) is 12.4. The van der Waals surface area contributed by atoms with Crippen LogP contribution in [0.2, 0.25) is 0 Å². The Bertz CT molecular complexity index is 360. The summed E-state index contributed by atoms with van der Waals surface area (Å²) in [7, 11) is 0. The van der Waals surface area contributed by atoms with Crippen LogP contribution in [-0.4, -0.2) is 37.9 Å². The number of imidazole rings is 1. The van der Waals surface area contributed by atoms with Crippen LogP contribution in [0, 0.1) is 0 Å². The van der Waals surface area contributed by atoms with Gasteiger partial charge in [-0.25, -0.2) is 14.3 Å². The van der Waals surface area contributed by atoms with E-state index in [1.54, 1.807) is 0 Å². The lowest BCUT2D eigenvalue weighted by Crippen LogP contribution is -2.32. The van der Waals surface area contributed by atoms with Crippen LogP contribution in [0.15, 0.2) is 12.5 Å². The fraction of sp³-hybridized carbons (Fsp3) is 0.286. The first kappa shape index (κ1) is 10.2. The monoisotopic (exact) mass is 199 g/mol. The molecule has 14 heavy (non-hydrogen) atoms. The number of carboxylic acids is 1. The van der Waals surface area contributed by atoms with E-state index in [0.717, 1.165) is 10.9 Å². The molecule has 1 heterocycles. The molecule has 0 amide bonds. The summed E-state index contributed by atoms with van der Waals surface area (Å²) in [5, 5.41) is 17.0. The number of rotatable bonds is 3. The van der Waals surface area contributed by atoms with Crippen molar-refractivity contribution in [2.24, 2.45) is 5.73 Å². The average Bonchev–Trinajstić information content (AvgIpc) is 2.52. The lowest BCUT2D eigenvalue weighted by molar-refractivity contribution is -0.138. The Morgan fingerprint density at radius 1 is 1.57 bits per heavy atom. The Kier molecular flexibility index (Phi) is 2.82. The van der Waals surface area contributed by atoms with Crippen LogP contribution in [0.3, 0.4) is 0 Å². The molecule has 0 saturated heterocycles. The highest BCUT2D eigenvalue weighted by Gasteiger charge is 2.14. The predicted octanol–water partition coefficient (Wildman–Crippen LogP) is -0.636. The van der Waals surface area contributed by atoms with Crippen molar-refractivity contribution >= 4 is 12.1 Å². The highest BCUT2D eigenvalue weighted by molar-refractivity contribution is 5.73. The van der Waals surface area contributed by atoms with Crippen LogP contribution < -0.4 is 5.73 Å². The predicted molar refractivity (Wildman–Crippen MR) is 45.0 cm³/mol. The van der Waals surface area contributed by atoms with Gasteiger partial charge in [-0.1, -0.05) is 0 Å². The fourth-order valence-corrected chi connectivity index (χ4v) is 0.886. The van der Waals surface area contributed by atoms with Gasteiger partial charge in [0, 0.05) is 12.6 Å². The number of nitrogens with zero attached hydrogens (tertiary/aromatic N) is 2. The summed E-state index contributed by atoms with van der Waals surface area (Å²) in [6.07, 6.45) is 1.15. The fourth-order valence-electron chi connectivity index (χ4n) is 0.886. The SMILES string of the molecule is N[C@H](Cc1cn(C(=O)O)cn1)C(=O)O. The molecule has 7 nitrogen and oxygen atoms in total. The molecule has 0 aliphatic carbocycles. The van der Waals surface area contributed by atoms with Crippen LogP contribution >= 0.6 is 0 Å². The molecule has 0 fully saturated rings. The topological polar surface area (TPSA) is 118 Å². The molecule has 1 aromatic heterocycles. The summed E-state index contributed by atoms with van der Waals surface area (Å²) in [4.78, 5) is 24.5. The van der Waals surface area contributed by atoms with E-state index in [-0.39, 0.29) is 6.42 Å². The van der Waals surface area contributed by atoms with Gasteiger partial charge in [-0.15, -0.1) is 0 Å². The lowest BCUT2D eigenvalue weighted by Gasteiger charge is -2.01. The van der Waals surface area contributed by atoms with Gasteiger partial charge in [0.05, 0.1) is 5.69 Å². The molecule has 1 aromatic rings. The zero-order chi connectivity index (χ0) is 10.7. The Morgan fingerprint density at radius 2 is 2.21 bits per heavy atom. The molecule has 0 bridgehead atoms. The molecule has 4 N–H and O–H groups in total. The first-order valence-corrected chi connectivity index (χ1v) is 3.75. The maximum absolute atomic E-state index is 10.4. The van der Waals surface area contributed by atoms with Gasteiger partial charge in [0.2, 0.25) is 0 Å². The largest absolute Gasteiger partial charge is 0.480 e. The molecule has 0 radical (unpaired) electrons. The molecule has 0 unspecified atom stereocenters. The Hall–Kier alpha value is -1.89. The number of hydrogen-bond donors (Lipinski definition) is 3. The number of hydrogen-bond acceptors (Lipinski definition) is 4. The van der Waals surface area contributed by atoms with E-state index in [0.29, 0.717) is 5.69 Å². The summed E-state index contributed by atoms with van der Waals surface area (Å²) < 4.78 is 0.837. The zero-order valence-corrected chi connectivity index (χ0v) is 7.12. The summed E-state index contributed by atoms with van der Waals surface area (Å²) in [6, 6.07) is -1.06. The molecule has 0 aliphatic heterocycles. The van der Waals surface area contributed by atoms with Gasteiger partial charge in [0.25, 0.3) is 0 Å². The summed E-state index contributed by atoms with van der Waals surface area (Å²) >= 11 is 0. The quantitative estimate of drug-likeness (QED) is 0.596. The number of carboxylic acid groups (broad SMARTS) is 2. The number of carbonyl (C=O) groups is 2. The van der Waals surface area contributed by atoms with Crippen LogP contribution in [0.1, 0.15) is 5.69 Å². The van der Waals surface area contributed by atoms with E-state index in [2.05, 4.69) is 4.98 Å². The van der Waals surface area contributed by atoms with Crippen molar-refractivity contribution in [1.29, 1.82) is 0 Å². The van der Waals surface area contributed by atoms with Crippen molar-refractivity contribution in [3.63, 3.8) is 0 Å². The highest BCUT2D eigenvalue weighted by Crippen LogP contribution is 1.99. The van der Waals surface area contributed by atoms with Crippen molar-refractivity contribution in [1.82, 2.24) is 9.55 Å². The minimum absolute atomic E-state index is 0.00954. The molecular weight excluding hydrogens is 190 g/mol. The third kappa shape index (κ3) is 2.30. The second-order valence-electron chi connectivity index (χ2n) is 2.70. The number of aromatic nitrogens is 2. The molecule has 0 aromatic carbocycles. The summed E-state index contributed by atoms with van der Waals surface area (Å²) in [5.41, 5.74) is 5.57. The van der Waals surface area contributed by atoms with Crippen molar-refractivity contribution in [2.75, 3.05) is 0 Å². The van der Waals surface area contributed by atoms with Gasteiger partial charge >= 0.3 is 12.1 Å². The van der Waals surface area contributed by atoms with Gasteiger partial charge in [0.15, 0.2) is 0 Å². The first-order valence-electron chi connectivity index (χ1n) is 3.75. The first-order chi connectivity index (χ1) is 6.50. The second-order valence-corrected chi connectivity index (χ2v) is 2.70. The molecular formula is C7H9N3O4. The lowest BCUT2D eigenvalue weighted by atomic mass is 10.2. The Balaban J connectivity index is 2.69. The van der Waals surface area contributed by atoms with E-state index in [9.17, 15) is 9.59 Å². The van der Waals surface area contributed by atoms with Crippen LogP contribution in [0.4, 0.5) is 4.79 Å². The minimum Gasteiger partial charge on any atom is -0.480 e. The molecule has 76 valence electrons. The van der Waals surface area contributed by atoms with E-state index in [1.165, 1.54) is 6.20 Å². The van der Waals surface area contributed by atoms with Crippen LogP contribution in [-0.2, 0) is 11.2 Å².